The van der Waals surface area contributed by atoms with Gasteiger partial charge in [-0.3, -0.25) is 4.79 Å². The Labute approximate surface area is 140 Å². The molecule has 0 unspecified atom stereocenters. The molecule has 2 rings (SSSR count). The van der Waals surface area contributed by atoms with E-state index in [1.165, 1.54) is 0 Å². The van der Waals surface area contributed by atoms with E-state index in [2.05, 4.69) is 14.9 Å². The Morgan fingerprint density at radius 1 is 1.35 bits per heavy atom. The highest BCUT2D eigenvalue weighted by Gasteiger charge is 2.18. The summed E-state index contributed by atoms with van der Waals surface area (Å²) in [6.07, 6.45) is 0.685. The summed E-state index contributed by atoms with van der Waals surface area (Å²) < 4.78 is 14.7. The molecule has 1 aromatic heterocycles. The molecule has 7 heteroatoms. The number of hydrogen-bond acceptors (Lipinski definition) is 6. The molecule has 2 aromatic rings. The Morgan fingerprint density at radius 3 is 2.78 bits per heavy atom. The molecule has 6 nitrogen and oxygen atoms in total. The number of hydrogen-bond donors (Lipinski definition) is 1. The van der Waals surface area contributed by atoms with Crippen LogP contribution in [-0.4, -0.2) is 29.2 Å². The maximum absolute atomic E-state index is 12.4. The van der Waals surface area contributed by atoms with Crippen LogP contribution in [0.15, 0.2) is 18.2 Å². The number of carbonyl (C=O) groups excluding carboxylic acids is 1. The van der Waals surface area contributed by atoms with Crippen LogP contribution in [0.3, 0.4) is 0 Å². The maximum Gasteiger partial charge on any atom is 0.265 e. The highest BCUT2D eigenvalue weighted by atomic mass is 32.1. The zero-order valence-corrected chi connectivity index (χ0v) is 14.6. The van der Waals surface area contributed by atoms with E-state index < -0.39 is 0 Å². The Kier molecular flexibility index (Phi) is 5.92. The van der Waals surface area contributed by atoms with Crippen LogP contribution >= 0.6 is 11.5 Å². The molecular formula is C16H21N3O3S. The summed E-state index contributed by atoms with van der Waals surface area (Å²) in [6, 6.07) is 5.48. The normalized spacial score (nSPS) is 11.8. The average molecular weight is 335 g/mol. The minimum absolute atomic E-state index is 0.155. The van der Waals surface area contributed by atoms with Crippen molar-refractivity contribution in [1.29, 1.82) is 0 Å². The second kappa shape index (κ2) is 7.92. The molecule has 23 heavy (non-hydrogen) atoms. The number of aryl methyl sites for hydroxylation is 1. The molecule has 0 bridgehead atoms. The van der Waals surface area contributed by atoms with Crippen LogP contribution in [-0.2, 0) is 6.42 Å². The molecule has 1 atom stereocenters. The molecule has 1 aromatic carbocycles. The monoisotopic (exact) mass is 335 g/mol. The second-order valence-electron chi connectivity index (χ2n) is 4.94. The Balaban J connectivity index is 2.14. The van der Waals surface area contributed by atoms with Gasteiger partial charge in [0.1, 0.15) is 4.88 Å². The van der Waals surface area contributed by atoms with Crippen molar-refractivity contribution < 1.29 is 14.3 Å². The van der Waals surface area contributed by atoms with Gasteiger partial charge in [-0.15, -0.1) is 5.10 Å². The number of amides is 1. The van der Waals surface area contributed by atoms with Gasteiger partial charge in [-0.05, 0) is 49.5 Å². The van der Waals surface area contributed by atoms with E-state index >= 15 is 0 Å². The van der Waals surface area contributed by atoms with Crippen molar-refractivity contribution in [1.82, 2.24) is 14.9 Å². The first-order valence-electron chi connectivity index (χ1n) is 7.53. The quantitative estimate of drug-likeness (QED) is 0.842. The maximum atomic E-state index is 12.4. The van der Waals surface area contributed by atoms with Crippen molar-refractivity contribution in [2.24, 2.45) is 0 Å². The average Bonchev–Trinajstić information content (AvgIpc) is 3.04. The molecule has 0 radical (unpaired) electrons. The number of nitrogens with one attached hydrogen (secondary N) is 1. The van der Waals surface area contributed by atoms with Crippen LogP contribution in [0.4, 0.5) is 0 Å². The highest BCUT2D eigenvalue weighted by molar-refractivity contribution is 7.08. The lowest BCUT2D eigenvalue weighted by molar-refractivity contribution is 0.0943. The van der Waals surface area contributed by atoms with Crippen LogP contribution in [0.5, 0.6) is 11.5 Å². The van der Waals surface area contributed by atoms with Crippen LogP contribution in [0.25, 0.3) is 0 Å². The third-order valence-corrected chi connectivity index (χ3v) is 4.20. The number of carbonyl (C=O) groups is 1. The summed E-state index contributed by atoms with van der Waals surface area (Å²) in [5, 5.41) is 6.94. The molecule has 1 N–H and O–H groups in total. The number of ether oxygens (including phenoxy) is 2. The van der Waals surface area contributed by atoms with Crippen molar-refractivity contribution in [2.45, 2.75) is 33.2 Å². The Morgan fingerprint density at radius 2 is 2.13 bits per heavy atom. The topological polar surface area (TPSA) is 73.3 Å². The lowest BCUT2D eigenvalue weighted by Gasteiger charge is -2.16. The molecule has 124 valence electrons. The van der Waals surface area contributed by atoms with Crippen molar-refractivity contribution in [2.75, 3.05) is 13.7 Å². The number of rotatable bonds is 7. The first-order valence-corrected chi connectivity index (χ1v) is 8.30. The van der Waals surface area contributed by atoms with E-state index in [1.807, 2.05) is 39.0 Å². The summed E-state index contributed by atoms with van der Waals surface area (Å²) in [6.45, 7) is 6.37. The van der Waals surface area contributed by atoms with Gasteiger partial charge in [-0.25, -0.2) is 0 Å². The third kappa shape index (κ3) is 3.98. The molecule has 1 heterocycles. The fraction of sp³-hybridized carbons (Fsp3) is 0.438. The van der Waals surface area contributed by atoms with Crippen molar-refractivity contribution in [3.63, 3.8) is 0 Å². The predicted molar refractivity (Wildman–Crippen MR) is 89.3 cm³/mol. The van der Waals surface area contributed by atoms with Crippen molar-refractivity contribution in [3.8, 4) is 11.5 Å². The van der Waals surface area contributed by atoms with E-state index in [0.717, 1.165) is 22.8 Å². The SMILES string of the molecule is CCOc1ccc([C@@H](C)NC(=O)c2snnc2CC)cc1OC. The number of nitrogens with zero attached hydrogens (tertiary/aromatic N) is 2. The Hall–Kier alpha value is -2.15. The van der Waals surface area contributed by atoms with Crippen LogP contribution in [0.2, 0.25) is 0 Å². The summed E-state index contributed by atoms with van der Waals surface area (Å²) in [5.74, 6) is 1.19. The van der Waals surface area contributed by atoms with E-state index in [-0.39, 0.29) is 11.9 Å². The fourth-order valence-corrected chi connectivity index (χ4v) is 2.84. The van der Waals surface area contributed by atoms with E-state index in [4.69, 9.17) is 9.47 Å². The molecule has 0 aliphatic carbocycles. The van der Waals surface area contributed by atoms with Gasteiger partial charge >= 0.3 is 0 Å². The summed E-state index contributed by atoms with van der Waals surface area (Å²) >= 11 is 1.12. The highest BCUT2D eigenvalue weighted by Crippen LogP contribution is 2.30. The number of benzene rings is 1. The molecule has 0 aliphatic heterocycles. The fourth-order valence-electron chi connectivity index (χ4n) is 2.19. The molecule has 0 saturated carbocycles. The predicted octanol–water partition coefficient (Wildman–Crippen LogP) is 3.00. The number of methoxy groups -OCH3 is 1. The van der Waals surface area contributed by atoms with Gasteiger partial charge in [0, 0.05) is 0 Å². The third-order valence-electron chi connectivity index (χ3n) is 3.43. The van der Waals surface area contributed by atoms with Gasteiger partial charge in [0.25, 0.3) is 5.91 Å². The number of aromatic nitrogens is 2. The summed E-state index contributed by atoms with van der Waals surface area (Å²) in [4.78, 5) is 12.9. The van der Waals surface area contributed by atoms with Crippen molar-refractivity contribution >= 4 is 17.4 Å². The summed E-state index contributed by atoms with van der Waals surface area (Å²) in [5.41, 5.74) is 1.66. The molecular weight excluding hydrogens is 314 g/mol. The van der Waals surface area contributed by atoms with E-state index in [0.29, 0.717) is 29.4 Å². The van der Waals surface area contributed by atoms with Gasteiger partial charge in [0.15, 0.2) is 11.5 Å². The zero-order chi connectivity index (χ0) is 16.8. The minimum atomic E-state index is -0.168. The minimum Gasteiger partial charge on any atom is -0.493 e. The van der Waals surface area contributed by atoms with Crippen LogP contribution in [0, 0.1) is 0 Å². The smallest absolute Gasteiger partial charge is 0.265 e. The Bertz CT molecular complexity index is 672. The van der Waals surface area contributed by atoms with Crippen LogP contribution in [0.1, 0.15) is 47.7 Å². The molecule has 0 aliphatic rings. The lowest BCUT2D eigenvalue weighted by Crippen LogP contribution is -2.26. The van der Waals surface area contributed by atoms with Gasteiger partial charge in [0.05, 0.1) is 25.5 Å². The van der Waals surface area contributed by atoms with Gasteiger partial charge in [-0.2, -0.15) is 0 Å². The van der Waals surface area contributed by atoms with Gasteiger partial charge in [-0.1, -0.05) is 17.5 Å². The molecule has 0 saturated heterocycles. The molecule has 0 spiro atoms. The second-order valence-corrected chi connectivity index (χ2v) is 5.69. The van der Waals surface area contributed by atoms with Gasteiger partial charge in [0.2, 0.25) is 0 Å². The van der Waals surface area contributed by atoms with E-state index in [9.17, 15) is 4.79 Å². The first-order chi connectivity index (χ1) is 11.1. The summed E-state index contributed by atoms with van der Waals surface area (Å²) in [7, 11) is 1.60. The van der Waals surface area contributed by atoms with Gasteiger partial charge < -0.3 is 14.8 Å². The molecule has 1 amide bonds. The van der Waals surface area contributed by atoms with Crippen LogP contribution < -0.4 is 14.8 Å². The zero-order valence-electron chi connectivity index (χ0n) is 13.8. The first kappa shape index (κ1) is 17.2. The largest absolute Gasteiger partial charge is 0.493 e. The lowest BCUT2D eigenvalue weighted by atomic mass is 10.1. The van der Waals surface area contributed by atoms with Crippen molar-refractivity contribution in [3.05, 3.63) is 34.3 Å². The molecule has 0 fully saturated rings. The van der Waals surface area contributed by atoms with E-state index in [1.54, 1.807) is 7.11 Å². The standard InChI is InChI=1S/C16H21N3O3S/c1-5-12-15(23-19-18-12)16(20)17-10(3)11-7-8-13(22-6-2)14(9-11)21-4/h7-10H,5-6H2,1-4H3,(H,17,20)/t10-/m1/s1.